The summed E-state index contributed by atoms with van der Waals surface area (Å²) in [5.41, 5.74) is 0.723. The Labute approximate surface area is 188 Å². The summed E-state index contributed by atoms with van der Waals surface area (Å²) in [5.74, 6) is -0.875. The molecule has 1 aromatic rings. The SMILES string of the molecule is O=C(/C=C/c1ccccc1)O[C@@H]1O[C@H](CO[C@@H]2O[C@H](CO)[C@@H](O)[C@H](O)[C@H]2O)[C@@H](O)[C@H](O)[C@H]1O. The first kappa shape index (κ1) is 25.6. The smallest absolute Gasteiger partial charge is 0.333 e. The quantitative estimate of drug-likeness (QED) is 0.156. The lowest BCUT2D eigenvalue weighted by molar-refractivity contribution is -0.326. The molecule has 0 amide bonds. The Morgan fingerprint density at radius 2 is 1.39 bits per heavy atom. The van der Waals surface area contributed by atoms with Crippen LogP contribution in [0.1, 0.15) is 5.56 Å². The summed E-state index contributed by atoms with van der Waals surface area (Å²) in [4.78, 5) is 12.1. The summed E-state index contributed by atoms with van der Waals surface area (Å²) in [7, 11) is 0. The van der Waals surface area contributed by atoms with E-state index in [4.69, 9.17) is 18.9 Å². The molecule has 7 N–H and O–H groups in total. The minimum absolute atomic E-state index is 0.526. The second-order valence-electron chi connectivity index (χ2n) is 7.73. The van der Waals surface area contributed by atoms with E-state index in [-0.39, 0.29) is 0 Å². The second kappa shape index (κ2) is 11.4. The molecule has 12 nitrogen and oxygen atoms in total. The summed E-state index contributed by atoms with van der Waals surface area (Å²) < 4.78 is 20.9. The molecular formula is C21H28O12. The Kier molecular flexibility index (Phi) is 8.89. The number of aliphatic hydroxyl groups excluding tert-OH is 7. The molecule has 0 saturated carbocycles. The number of carbonyl (C=O) groups is 1. The average molecular weight is 472 g/mol. The van der Waals surface area contributed by atoms with Gasteiger partial charge < -0.3 is 54.7 Å². The molecule has 2 aliphatic rings. The maximum Gasteiger partial charge on any atom is 0.333 e. The zero-order valence-corrected chi connectivity index (χ0v) is 17.4. The Morgan fingerprint density at radius 3 is 2.03 bits per heavy atom. The van der Waals surface area contributed by atoms with Gasteiger partial charge in [0.05, 0.1) is 13.2 Å². The van der Waals surface area contributed by atoms with Crippen molar-refractivity contribution in [3.8, 4) is 0 Å². The molecule has 0 aromatic heterocycles. The molecule has 0 aliphatic carbocycles. The van der Waals surface area contributed by atoms with Gasteiger partial charge in [0, 0.05) is 6.08 Å². The van der Waals surface area contributed by atoms with Crippen LogP contribution in [0.25, 0.3) is 6.08 Å². The van der Waals surface area contributed by atoms with Gasteiger partial charge in [0.2, 0.25) is 6.29 Å². The summed E-state index contributed by atoms with van der Waals surface area (Å²) in [6.07, 6.45) is -13.2. The normalized spacial score (nSPS) is 39.5. The molecule has 0 spiro atoms. The summed E-state index contributed by atoms with van der Waals surface area (Å²) >= 11 is 0. The summed E-state index contributed by atoms with van der Waals surface area (Å²) in [6.45, 7) is -1.19. The zero-order chi connectivity index (χ0) is 24.1. The topological polar surface area (TPSA) is 196 Å². The van der Waals surface area contributed by atoms with Crippen LogP contribution in [-0.4, -0.2) is 116 Å². The molecular weight excluding hydrogens is 444 g/mol. The highest BCUT2D eigenvalue weighted by atomic mass is 16.7. The molecule has 2 aliphatic heterocycles. The van der Waals surface area contributed by atoms with Crippen molar-refractivity contribution in [2.75, 3.05) is 13.2 Å². The van der Waals surface area contributed by atoms with Crippen LogP contribution in [0.3, 0.4) is 0 Å². The third-order valence-electron chi connectivity index (χ3n) is 5.39. The van der Waals surface area contributed by atoms with Gasteiger partial charge in [-0.05, 0) is 11.6 Å². The van der Waals surface area contributed by atoms with Crippen LogP contribution in [0, 0.1) is 0 Å². The molecule has 33 heavy (non-hydrogen) atoms. The van der Waals surface area contributed by atoms with Gasteiger partial charge in [0.25, 0.3) is 0 Å². The fourth-order valence-corrected chi connectivity index (χ4v) is 3.43. The van der Waals surface area contributed by atoms with Crippen LogP contribution >= 0.6 is 0 Å². The standard InChI is InChI=1S/C21H28O12/c22-8-11-14(24)16(26)18(28)20(31-11)30-9-12-15(25)17(27)19(29)21(32-12)33-13(23)7-6-10-4-2-1-3-5-10/h1-7,11-12,14-22,24-29H,8-9H2/b7-6+/t11-,12-,14-,15-,16+,17+,18-,19-,20-,21+/m1/s1. The van der Waals surface area contributed by atoms with E-state index < -0.39 is 80.6 Å². The van der Waals surface area contributed by atoms with Gasteiger partial charge >= 0.3 is 5.97 Å². The molecule has 0 bridgehead atoms. The molecule has 184 valence electrons. The van der Waals surface area contributed by atoms with Gasteiger partial charge in [-0.1, -0.05) is 30.3 Å². The van der Waals surface area contributed by atoms with E-state index in [2.05, 4.69) is 0 Å². The number of benzene rings is 1. The van der Waals surface area contributed by atoms with Gasteiger partial charge in [0.1, 0.15) is 48.8 Å². The van der Waals surface area contributed by atoms with Crippen LogP contribution in [0.4, 0.5) is 0 Å². The molecule has 2 saturated heterocycles. The van der Waals surface area contributed by atoms with Crippen molar-refractivity contribution in [3.63, 3.8) is 0 Å². The van der Waals surface area contributed by atoms with Crippen LogP contribution in [-0.2, 0) is 23.7 Å². The third kappa shape index (κ3) is 6.13. The maximum atomic E-state index is 12.1. The van der Waals surface area contributed by atoms with Crippen LogP contribution in [0.5, 0.6) is 0 Å². The first-order chi connectivity index (χ1) is 15.7. The monoisotopic (exact) mass is 472 g/mol. The molecule has 2 heterocycles. The highest BCUT2D eigenvalue weighted by Gasteiger charge is 2.48. The van der Waals surface area contributed by atoms with Crippen LogP contribution < -0.4 is 0 Å². The fraction of sp³-hybridized carbons (Fsp3) is 0.571. The number of carbonyl (C=O) groups excluding carboxylic acids is 1. The maximum absolute atomic E-state index is 12.1. The van der Waals surface area contributed by atoms with Gasteiger partial charge in [0.15, 0.2) is 6.29 Å². The first-order valence-corrected chi connectivity index (χ1v) is 10.3. The van der Waals surface area contributed by atoms with Crippen LogP contribution in [0.2, 0.25) is 0 Å². The Hall–Kier alpha value is -1.97. The van der Waals surface area contributed by atoms with E-state index in [0.717, 1.165) is 11.6 Å². The lowest BCUT2D eigenvalue weighted by Crippen LogP contribution is -2.61. The van der Waals surface area contributed by atoms with E-state index in [1.807, 2.05) is 0 Å². The van der Waals surface area contributed by atoms with E-state index in [0.29, 0.717) is 0 Å². The Morgan fingerprint density at radius 1 is 0.818 bits per heavy atom. The minimum atomic E-state index is -1.75. The van der Waals surface area contributed by atoms with Crippen molar-refractivity contribution in [2.24, 2.45) is 0 Å². The summed E-state index contributed by atoms with van der Waals surface area (Å²) in [6, 6.07) is 8.86. The number of rotatable bonds is 7. The number of aliphatic hydroxyl groups is 7. The largest absolute Gasteiger partial charge is 0.430 e. The van der Waals surface area contributed by atoms with Crippen LogP contribution in [0.15, 0.2) is 36.4 Å². The van der Waals surface area contributed by atoms with Gasteiger partial charge in [-0.25, -0.2) is 4.79 Å². The van der Waals surface area contributed by atoms with E-state index in [9.17, 15) is 40.5 Å². The Balaban J connectivity index is 1.59. The van der Waals surface area contributed by atoms with Crippen molar-refractivity contribution in [1.29, 1.82) is 0 Å². The van der Waals surface area contributed by atoms with E-state index in [1.165, 1.54) is 6.08 Å². The molecule has 0 radical (unpaired) electrons. The lowest BCUT2D eigenvalue weighted by atomic mass is 9.98. The molecule has 1 aromatic carbocycles. The van der Waals surface area contributed by atoms with Crippen molar-refractivity contribution in [3.05, 3.63) is 42.0 Å². The second-order valence-corrected chi connectivity index (χ2v) is 7.73. The average Bonchev–Trinajstić information content (AvgIpc) is 2.82. The summed E-state index contributed by atoms with van der Waals surface area (Å²) in [5, 5.41) is 69.3. The zero-order valence-electron chi connectivity index (χ0n) is 17.4. The molecule has 3 rings (SSSR count). The van der Waals surface area contributed by atoms with Crippen molar-refractivity contribution >= 4 is 12.0 Å². The van der Waals surface area contributed by atoms with Crippen molar-refractivity contribution in [1.82, 2.24) is 0 Å². The first-order valence-electron chi connectivity index (χ1n) is 10.3. The fourth-order valence-electron chi connectivity index (χ4n) is 3.43. The third-order valence-corrected chi connectivity index (χ3v) is 5.39. The number of hydrogen-bond donors (Lipinski definition) is 7. The number of esters is 1. The molecule has 0 unspecified atom stereocenters. The van der Waals surface area contributed by atoms with Gasteiger partial charge in [-0.2, -0.15) is 0 Å². The number of ether oxygens (including phenoxy) is 4. The lowest BCUT2D eigenvalue weighted by Gasteiger charge is -2.42. The van der Waals surface area contributed by atoms with Crippen molar-refractivity contribution < 1.29 is 59.5 Å². The van der Waals surface area contributed by atoms with Gasteiger partial charge in [-0.3, -0.25) is 0 Å². The molecule has 2 fully saturated rings. The number of hydrogen-bond acceptors (Lipinski definition) is 12. The Bertz CT molecular complexity index is 787. The van der Waals surface area contributed by atoms with Crippen molar-refractivity contribution in [2.45, 2.75) is 61.4 Å². The highest BCUT2D eigenvalue weighted by Crippen LogP contribution is 2.26. The minimum Gasteiger partial charge on any atom is -0.430 e. The molecule has 12 heteroatoms. The van der Waals surface area contributed by atoms with Gasteiger partial charge in [-0.15, -0.1) is 0 Å². The predicted octanol–water partition coefficient (Wildman–Crippen LogP) is -3.13. The van der Waals surface area contributed by atoms with E-state index in [1.54, 1.807) is 30.3 Å². The van der Waals surface area contributed by atoms with E-state index >= 15 is 0 Å². The molecule has 10 atom stereocenters. The highest BCUT2D eigenvalue weighted by molar-refractivity contribution is 5.87. The predicted molar refractivity (Wildman–Crippen MR) is 108 cm³/mol.